The van der Waals surface area contributed by atoms with Gasteiger partial charge in [0.2, 0.25) is 0 Å². The lowest BCUT2D eigenvalue weighted by atomic mass is 9.95. The Balaban J connectivity index is 2.17. The molecule has 96 valence electrons. The quantitative estimate of drug-likeness (QED) is 0.458. The van der Waals surface area contributed by atoms with Gasteiger partial charge in [0.05, 0.1) is 11.2 Å². The molecular weight excluding hydrogens is 403 g/mol. The van der Waals surface area contributed by atoms with E-state index >= 15 is 0 Å². The molecule has 0 spiro atoms. The van der Waals surface area contributed by atoms with E-state index in [-0.39, 0.29) is 0 Å². The standard InChI is InChI=1S/C14H16BrIN2/c1-9-14-11(7-13(15)17-9)12(16)8-18(14)10-5-3-2-4-6-10/h7-8,10H,2-6H2,1H3. The lowest BCUT2D eigenvalue weighted by Crippen LogP contribution is -2.12. The highest BCUT2D eigenvalue weighted by atomic mass is 127. The van der Waals surface area contributed by atoms with Crippen LogP contribution >= 0.6 is 38.5 Å². The van der Waals surface area contributed by atoms with Gasteiger partial charge in [-0.05, 0) is 64.4 Å². The van der Waals surface area contributed by atoms with Crippen molar-refractivity contribution in [1.82, 2.24) is 9.55 Å². The van der Waals surface area contributed by atoms with Crippen LogP contribution in [0.4, 0.5) is 0 Å². The molecule has 0 radical (unpaired) electrons. The monoisotopic (exact) mass is 418 g/mol. The Morgan fingerprint density at radius 1 is 1.33 bits per heavy atom. The number of pyridine rings is 1. The third-order valence-corrected chi connectivity index (χ3v) is 5.14. The van der Waals surface area contributed by atoms with Crippen LogP contribution in [-0.4, -0.2) is 9.55 Å². The summed E-state index contributed by atoms with van der Waals surface area (Å²) in [6.07, 6.45) is 9.07. The van der Waals surface area contributed by atoms with Crippen LogP contribution in [-0.2, 0) is 0 Å². The molecule has 0 unspecified atom stereocenters. The molecule has 2 aromatic rings. The van der Waals surface area contributed by atoms with Crippen LogP contribution in [0.5, 0.6) is 0 Å². The second-order valence-corrected chi connectivity index (χ2v) is 7.08. The van der Waals surface area contributed by atoms with Crippen molar-refractivity contribution in [2.45, 2.75) is 45.1 Å². The zero-order valence-corrected chi connectivity index (χ0v) is 14.2. The molecule has 18 heavy (non-hydrogen) atoms. The Kier molecular flexibility index (Phi) is 3.67. The molecule has 2 nitrogen and oxygen atoms in total. The third kappa shape index (κ3) is 2.22. The second kappa shape index (κ2) is 5.12. The smallest absolute Gasteiger partial charge is 0.107 e. The third-order valence-electron chi connectivity index (χ3n) is 3.87. The highest BCUT2D eigenvalue weighted by Gasteiger charge is 2.20. The molecule has 0 saturated heterocycles. The maximum atomic E-state index is 4.56. The summed E-state index contributed by atoms with van der Waals surface area (Å²) in [6.45, 7) is 2.11. The van der Waals surface area contributed by atoms with E-state index in [9.17, 15) is 0 Å². The van der Waals surface area contributed by atoms with E-state index < -0.39 is 0 Å². The predicted octanol–water partition coefficient (Wildman–Crippen LogP) is 5.22. The molecule has 1 aliphatic rings. The van der Waals surface area contributed by atoms with Crippen molar-refractivity contribution >= 4 is 49.4 Å². The van der Waals surface area contributed by atoms with Crippen LogP contribution in [0.3, 0.4) is 0 Å². The van der Waals surface area contributed by atoms with Crippen molar-refractivity contribution in [2.24, 2.45) is 0 Å². The van der Waals surface area contributed by atoms with Crippen LogP contribution in [0, 0.1) is 10.5 Å². The van der Waals surface area contributed by atoms with E-state index in [4.69, 9.17) is 0 Å². The SMILES string of the molecule is Cc1nc(Br)cc2c(I)cn(C3CCCCC3)c12. The van der Waals surface area contributed by atoms with Crippen LogP contribution in [0.1, 0.15) is 43.8 Å². The van der Waals surface area contributed by atoms with Gasteiger partial charge in [0.15, 0.2) is 0 Å². The molecule has 3 rings (SSSR count). The topological polar surface area (TPSA) is 17.8 Å². The average Bonchev–Trinajstić information content (AvgIpc) is 2.68. The first-order valence-corrected chi connectivity index (χ1v) is 8.37. The Bertz CT molecular complexity index is 585. The summed E-state index contributed by atoms with van der Waals surface area (Å²) in [5, 5.41) is 1.33. The van der Waals surface area contributed by atoms with Gasteiger partial charge in [-0.2, -0.15) is 0 Å². The molecule has 0 aromatic carbocycles. The number of aryl methyl sites for hydroxylation is 1. The van der Waals surface area contributed by atoms with Gasteiger partial charge in [0.25, 0.3) is 0 Å². The van der Waals surface area contributed by atoms with Crippen LogP contribution in [0.25, 0.3) is 10.9 Å². The van der Waals surface area contributed by atoms with Gasteiger partial charge >= 0.3 is 0 Å². The van der Waals surface area contributed by atoms with Gasteiger partial charge in [-0.3, -0.25) is 0 Å². The van der Waals surface area contributed by atoms with Crippen LogP contribution < -0.4 is 0 Å². The van der Waals surface area contributed by atoms with Crippen molar-refractivity contribution in [3.8, 4) is 0 Å². The average molecular weight is 419 g/mol. The summed E-state index contributed by atoms with van der Waals surface area (Å²) in [5.74, 6) is 0. The lowest BCUT2D eigenvalue weighted by molar-refractivity contribution is 0.360. The fourth-order valence-electron chi connectivity index (χ4n) is 3.04. The number of hydrogen-bond acceptors (Lipinski definition) is 1. The molecule has 0 amide bonds. The van der Waals surface area contributed by atoms with Gasteiger partial charge in [-0.25, -0.2) is 4.98 Å². The van der Waals surface area contributed by atoms with E-state index in [1.54, 1.807) is 0 Å². The zero-order valence-electron chi connectivity index (χ0n) is 10.4. The normalized spacial score (nSPS) is 17.5. The molecule has 0 bridgehead atoms. The number of nitrogens with zero attached hydrogens (tertiary/aromatic N) is 2. The first-order chi connectivity index (χ1) is 8.66. The zero-order chi connectivity index (χ0) is 12.7. The Morgan fingerprint density at radius 2 is 2.06 bits per heavy atom. The Morgan fingerprint density at radius 3 is 2.78 bits per heavy atom. The first kappa shape index (κ1) is 12.9. The molecule has 1 saturated carbocycles. The lowest BCUT2D eigenvalue weighted by Gasteiger charge is -2.24. The minimum atomic E-state index is 0.673. The molecular formula is C14H16BrIN2. The minimum absolute atomic E-state index is 0.673. The molecule has 0 aliphatic heterocycles. The maximum absolute atomic E-state index is 4.56. The van der Waals surface area contributed by atoms with Gasteiger partial charge < -0.3 is 4.57 Å². The summed E-state index contributed by atoms with van der Waals surface area (Å²) in [4.78, 5) is 4.56. The number of hydrogen-bond donors (Lipinski definition) is 0. The van der Waals surface area contributed by atoms with Crippen molar-refractivity contribution in [1.29, 1.82) is 0 Å². The highest BCUT2D eigenvalue weighted by Crippen LogP contribution is 2.35. The highest BCUT2D eigenvalue weighted by molar-refractivity contribution is 14.1. The molecule has 1 fully saturated rings. The van der Waals surface area contributed by atoms with Crippen molar-refractivity contribution in [3.63, 3.8) is 0 Å². The number of aromatic nitrogens is 2. The molecule has 4 heteroatoms. The summed E-state index contributed by atoms with van der Waals surface area (Å²) in [7, 11) is 0. The fraction of sp³-hybridized carbons (Fsp3) is 0.500. The molecule has 0 N–H and O–H groups in total. The first-order valence-electron chi connectivity index (χ1n) is 6.50. The molecule has 2 aromatic heterocycles. The van der Waals surface area contributed by atoms with E-state index in [1.165, 1.54) is 46.6 Å². The number of rotatable bonds is 1. The maximum Gasteiger partial charge on any atom is 0.107 e. The van der Waals surface area contributed by atoms with Gasteiger partial charge in [0.1, 0.15) is 4.60 Å². The van der Waals surface area contributed by atoms with E-state index in [1.807, 2.05) is 0 Å². The Hall–Kier alpha value is -0.100. The van der Waals surface area contributed by atoms with Gasteiger partial charge in [-0.1, -0.05) is 19.3 Å². The summed E-state index contributed by atoms with van der Waals surface area (Å²) in [5.41, 5.74) is 2.46. The number of halogens is 2. The molecule has 0 atom stereocenters. The molecule has 2 heterocycles. The fourth-order valence-corrected chi connectivity index (χ4v) is 4.25. The number of fused-ring (bicyclic) bond motifs is 1. The van der Waals surface area contributed by atoms with Gasteiger partial charge in [0, 0.05) is 21.2 Å². The minimum Gasteiger partial charge on any atom is -0.342 e. The molecule has 1 aliphatic carbocycles. The van der Waals surface area contributed by atoms with Crippen molar-refractivity contribution in [2.75, 3.05) is 0 Å². The van der Waals surface area contributed by atoms with E-state index in [0.29, 0.717) is 6.04 Å². The van der Waals surface area contributed by atoms with Crippen molar-refractivity contribution < 1.29 is 0 Å². The van der Waals surface area contributed by atoms with Crippen LogP contribution in [0.2, 0.25) is 0 Å². The van der Waals surface area contributed by atoms with E-state index in [0.717, 1.165) is 10.3 Å². The second-order valence-electron chi connectivity index (χ2n) is 5.10. The van der Waals surface area contributed by atoms with Crippen LogP contribution in [0.15, 0.2) is 16.9 Å². The largest absolute Gasteiger partial charge is 0.342 e. The summed E-state index contributed by atoms with van der Waals surface area (Å²) < 4.78 is 4.75. The predicted molar refractivity (Wildman–Crippen MR) is 87.0 cm³/mol. The Labute approximate surface area is 129 Å². The van der Waals surface area contributed by atoms with Gasteiger partial charge in [-0.15, -0.1) is 0 Å². The van der Waals surface area contributed by atoms with E-state index in [2.05, 4.69) is 67.3 Å². The summed E-state index contributed by atoms with van der Waals surface area (Å²) in [6, 6.07) is 2.81. The van der Waals surface area contributed by atoms with Crippen molar-refractivity contribution in [3.05, 3.63) is 26.1 Å². The summed E-state index contributed by atoms with van der Waals surface area (Å²) >= 11 is 5.94.